The summed E-state index contributed by atoms with van der Waals surface area (Å²) < 4.78 is 8.89. The van der Waals surface area contributed by atoms with Crippen LogP contribution in [0.1, 0.15) is 23.7 Å². The molecule has 1 aromatic carbocycles. The average molecular weight is 365 g/mol. The summed E-state index contributed by atoms with van der Waals surface area (Å²) in [6.45, 7) is 5.41. The number of anilines is 1. The lowest BCUT2D eigenvalue weighted by atomic mass is 10.2. The molecule has 7 heteroatoms. The predicted molar refractivity (Wildman–Crippen MR) is 105 cm³/mol. The van der Waals surface area contributed by atoms with Crippen LogP contribution < -0.4 is 10.1 Å². The lowest BCUT2D eigenvalue weighted by Crippen LogP contribution is -2.07. The van der Waals surface area contributed by atoms with E-state index in [2.05, 4.69) is 15.5 Å². The summed E-state index contributed by atoms with van der Waals surface area (Å²) in [6, 6.07) is 7.80. The Labute approximate surface area is 158 Å². The van der Waals surface area contributed by atoms with Crippen LogP contribution in [0.4, 0.5) is 5.69 Å². The van der Waals surface area contributed by atoms with Gasteiger partial charge in [0.05, 0.1) is 31.7 Å². The van der Waals surface area contributed by atoms with Crippen molar-refractivity contribution in [3.8, 4) is 5.75 Å². The smallest absolute Gasteiger partial charge is 0.248 e. The first kappa shape index (κ1) is 18.4. The van der Waals surface area contributed by atoms with Gasteiger partial charge in [0.2, 0.25) is 5.91 Å². The van der Waals surface area contributed by atoms with E-state index in [0.29, 0.717) is 12.2 Å². The molecule has 0 aliphatic heterocycles. The van der Waals surface area contributed by atoms with Gasteiger partial charge in [-0.05, 0) is 37.6 Å². The molecule has 2 aromatic heterocycles. The van der Waals surface area contributed by atoms with Gasteiger partial charge in [0.15, 0.2) is 0 Å². The number of rotatable bonds is 7. The molecule has 1 amide bonds. The Morgan fingerprint density at radius 2 is 2.15 bits per heavy atom. The highest BCUT2D eigenvalue weighted by Gasteiger charge is 2.05. The minimum Gasteiger partial charge on any atom is -0.497 e. The van der Waals surface area contributed by atoms with Crippen LogP contribution in [0.15, 0.2) is 48.9 Å². The molecule has 7 nitrogen and oxygen atoms in total. The number of aryl methyl sites for hydroxylation is 1. The van der Waals surface area contributed by atoms with E-state index in [1.807, 2.05) is 42.8 Å². The van der Waals surface area contributed by atoms with Gasteiger partial charge in [-0.2, -0.15) is 10.2 Å². The number of carbonyl (C=O) groups excluding carboxylic acids is 1. The van der Waals surface area contributed by atoms with E-state index >= 15 is 0 Å². The number of ether oxygens (including phenoxy) is 1. The van der Waals surface area contributed by atoms with Gasteiger partial charge in [-0.15, -0.1) is 0 Å². The lowest BCUT2D eigenvalue weighted by molar-refractivity contribution is -0.111. The summed E-state index contributed by atoms with van der Waals surface area (Å²) >= 11 is 0. The molecule has 0 spiro atoms. The van der Waals surface area contributed by atoms with Crippen molar-refractivity contribution in [2.24, 2.45) is 0 Å². The van der Waals surface area contributed by atoms with Crippen LogP contribution in [0.2, 0.25) is 0 Å². The molecule has 0 aliphatic rings. The number of aromatic nitrogens is 4. The largest absolute Gasteiger partial charge is 0.497 e. The quantitative estimate of drug-likeness (QED) is 0.653. The van der Waals surface area contributed by atoms with Crippen molar-refractivity contribution in [3.05, 3.63) is 65.8 Å². The van der Waals surface area contributed by atoms with Crippen LogP contribution >= 0.6 is 0 Å². The fraction of sp³-hybridized carbons (Fsp3) is 0.250. The van der Waals surface area contributed by atoms with E-state index in [-0.39, 0.29) is 5.91 Å². The van der Waals surface area contributed by atoms with Crippen molar-refractivity contribution in [2.45, 2.75) is 26.9 Å². The number of nitrogens with zero attached hydrogens (tertiary/aromatic N) is 4. The molecule has 0 fully saturated rings. The minimum atomic E-state index is -0.209. The fourth-order valence-electron chi connectivity index (χ4n) is 2.77. The number of amides is 1. The minimum absolute atomic E-state index is 0.209. The number of methoxy groups -OCH3 is 1. The number of carbonyl (C=O) groups is 1. The first-order valence-electron chi connectivity index (χ1n) is 8.76. The Bertz CT molecular complexity index is 955. The zero-order valence-electron chi connectivity index (χ0n) is 15.7. The standard InChI is InChI=1S/C20H23N5O2/c1-4-25-15(2)17(11-22-25)8-9-20(26)23-18-12-21-24(14-18)13-16-6-5-7-19(10-16)27-3/h5-12,14H,4,13H2,1-3H3,(H,23,26)/b9-8+. The second kappa shape index (κ2) is 8.35. The lowest BCUT2D eigenvalue weighted by Gasteiger charge is -2.04. The van der Waals surface area contributed by atoms with Crippen LogP contribution in [0.3, 0.4) is 0 Å². The number of hydrogen-bond acceptors (Lipinski definition) is 4. The van der Waals surface area contributed by atoms with E-state index < -0.39 is 0 Å². The van der Waals surface area contributed by atoms with Gasteiger partial charge in [0, 0.05) is 30.1 Å². The Morgan fingerprint density at radius 1 is 1.30 bits per heavy atom. The first-order chi connectivity index (χ1) is 13.1. The molecule has 27 heavy (non-hydrogen) atoms. The third-order valence-electron chi connectivity index (χ3n) is 4.23. The molecule has 3 rings (SSSR count). The molecule has 0 radical (unpaired) electrons. The number of nitrogens with one attached hydrogen (secondary N) is 1. The van der Waals surface area contributed by atoms with Gasteiger partial charge in [0.25, 0.3) is 0 Å². The van der Waals surface area contributed by atoms with Crippen LogP contribution in [-0.4, -0.2) is 32.6 Å². The fourth-order valence-corrected chi connectivity index (χ4v) is 2.77. The molecular weight excluding hydrogens is 342 g/mol. The molecule has 0 bridgehead atoms. The predicted octanol–water partition coefficient (Wildman–Crippen LogP) is 3.12. The second-order valence-corrected chi connectivity index (χ2v) is 6.10. The highest BCUT2D eigenvalue weighted by molar-refractivity contribution is 6.01. The maximum Gasteiger partial charge on any atom is 0.248 e. The van der Waals surface area contributed by atoms with E-state index in [0.717, 1.165) is 29.1 Å². The molecule has 0 aliphatic carbocycles. The van der Waals surface area contributed by atoms with Crippen molar-refractivity contribution in [2.75, 3.05) is 12.4 Å². The summed E-state index contributed by atoms with van der Waals surface area (Å²) in [5.74, 6) is 0.597. The normalized spacial score (nSPS) is 11.1. The molecular formula is C20H23N5O2. The summed E-state index contributed by atoms with van der Waals surface area (Å²) in [4.78, 5) is 12.1. The summed E-state index contributed by atoms with van der Waals surface area (Å²) in [7, 11) is 1.64. The van der Waals surface area contributed by atoms with Crippen LogP contribution in [0.25, 0.3) is 6.08 Å². The van der Waals surface area contributed by atoms with Crippen molar-refractivity contribution in [1.82, 2.24) is 19.6 Å². The van der Waals surface area contributed by atoms with Crippen LogP contribution in [0, 0.1) is 6.92 Å². The molecule has 3 aromatic rings. The zero-order chi connectivity index (χ0) is 19.2. The van der Waals surface area contributed by atoms with Crippen LogP contribution in [0.5, 0.6) is 5.75 Å². The third-order valence-corrected chi connectivity index (χ3v) is 4.23. The molecule has 140 valence electrons. The van der Waals surface area contributed by atoms with Gasteiger partial charge in [0.1, 0.15) is 5.75 Å². The second-order valence-electron chi connectivity index (χ2n) is 6.10. The van der Waals surface area contributed by atoms with Gasteiger partial charge in [-0.25, -0.2) is 0 Å². The molecule has 0 saturated carbocycles. The Hall–Kier alpha value is -3.35. The molecule has 0 atom stereocenters. The van der Waals surface area contributed by atoms with Crippen molar-refractivity contribution in [1.29, 1.82) is 0 Å². The highest BCUT2D eigenvalue weighted by atomic mass is 16.5. The Morgan fingerprint density at radius 3 is 2.89 bits per heavy atom. The number of benzene rings is 1. The van der Waals surface area contributed by atoms with Crippen molar-refractivity contribution < 1.29 is 9.53 Å². The van der Waals surface area contributed by atoms with Gasteiger partial charge in [-0.1, -0.05) is 12.1 Å². The monoisotopic (exact) mass is 365 g/mol. The van der Waals surface area contributed by atoms with E-state index in [1.54, 1.807) is 36.5 Å². The van der Waals surface area contributed by atoms with Crippen LogP contribution in [-0.2, 0) is 17.9 Å². The summed E-state index contributed by atoms with van der Waals surface area (Å²) in [6.07, 6.45) is 8.46. The zero-order valence-corrected chi connectivity index (χ0v) is 15.7. The number of hydrogen-bond donors (Lipinski definition) is 1. The molecule has 1 N–H and O–H groups in total. The SMILES string of the molecule is CCn1ncc(/C=C/C(=O)Nc2cnn(Cc3cccc(OC)c3)c2)c1C. The Balaban J connectivity index is 1.60. The van der Waals surface area contributed by atoms with Gasteiger partial charge < -0.3 is 10.1 Å². The highest BCUT2D eigenvalue weighted by Crippen LogP contribution is 2.15. The summed E-state index contributed by atoms with van der Waals surface area (Å²) in [5, 5.41) is 11.4. The topological polar surface area (TPSA) is 74.0 Å². The van der Waals surface area contributed by atoms with Crippen molar-refractivity contribution in [3.63, 3.8) is 0 Å². The average Bonchev–Trinajstić information content (AvgIpc) is 3.26. The maximum absolute atomic E-state index is 12.1. The van der Waals surface area contributed by atoms with Gasteiger partial charge >= 0.3 is 0 Å². The molecule has 0 unspecified atom stereocenters. The maximum atomic E-state index is 12.1. The van der Waals surface area contributed by atoms with Gasteiger partial charge in [-0.3, -0.25) is 14.2 Å². The van der Waals surface area contributed by atoms with E-state index in [1.165, 1.54) is 6.08 Å². The Kier molecular flexibility index (Phi) is 5.71. The van der Waals surface area contributed by atoms with E-state index in [4.69, 9.17) is 4.74 Å². The van der Waals surface area contributed by atoms with Crippen molar-refractivity contribution >= 4 is 17.7 Å². The third kappa shape index (κ3) is 4.63. The molecule has 2 heterocycles. The molecule has 0 saturated heterocycles. The summed E-state index contributed by atoms with van der Waals surface area (Å²) in [5.41, 5.74) is 3.68. The van der Waals surface area contributed by atoms with E-state index in [9.17, 15) is 4.79 Å². The first-order valence-corrected chi connectivity index (χ1v) is 8.76.